The van der Waals surface area contributed by atoms with Gasteiger partial charge >= 0.3 is 0 Å². The average Bonchev–Trinajstić information content (AvgIpc) is 3.19. The van der Waals surface area contributed by atoms with Gasteiger partial charge in [0.25, 0.3) is 5.91 Å². The van der Waals surface area contributed by atoms with Crippen LogP contribution in [0.4, 0.5) is 4.39 Å². The number of thioether (sulfide) groups is 1. The van der Waals surface area contributed by atoms with E-state index in [0.29, 0.717) is 22.2 Å². The maximum absolute atomic E-state index is 13.1. The zero-order chi connectivity index (χ0) is 22.7. The summed E-state index contributed by atoms with van der Waals surface area (Å²) in [7, 11) is 1.52. The van der Waals surface area contributed by atoms with Gasteiger partial charge in [0, 0.05) is 0 Å². The molecule has 4 rings (SSSR count). The predicted octanol–water partition coefficient (Wildman–Crippen LogP) is 4.83. The molecule has 9 heteroatoms. The molecule has 2 aliphatic rings. The van der Waals surface area contributed by atoms with Crippen LogP contribution in [-0.4, -0.2) is 34.1 Å². The molecule has 0 saturated carbocycles. The quantitative estimate of drug-likeness (QED) is 0.608. The summed E-state index contributed by atoms with van der Waals surface area (Å²) >= 11 is 1.33. The minimum Gasteiger partial charge on any atom is -0.493 e. The second-order valence-electron chi connectivity index (χ2n) is 7.09. The van der Waals surface area contributed by atoms with Crippen LogP contribution >= 0.6 is 11.8 Å². The number of methoxy groups -OCH3 is 1. The van der Waals surface area contributed by atoms with Gasteiger partial charge in [0.05, 0.1) is 12.7 Å². The topological polar surface area (TPSA) is 87.3 Å². The third-order valence-electron chi connectivity index (χ3n) is 4.77. The van der Waals surface area contributed by atoms with E-state index in [1.165, 1.54) is 36.0 Å². The number of benzene rings is 2. The number of nitrogens with zero attached hydrogens (tertiary/aromatic N) is 3. The molecular weight excluding hydrogens is 431 g/mol. The summed E-state index contributed by atoms with van der Waals surface area (Å²) < 4.78 is 24.3. The van der Waals surface area contributed by atoms with Crippen LogP contribution in [0.5, 0.6) is 11.5 Å². The molecule has 0 atom stereocenters. The maximum Gasteiger partial charge on any atom is 0.283 e. The van der Waals surface area contributed by atoms with E-state index in [-0.39, 0.29) is 23.8 Å². The van der Waals surface area contributed by atoms with E-state index in [0.717, 1.165) is 23.4 Å². The van der Waals surface area contributed by atoms with E-state index < -0.39 is 5.91 Å². The Morgan fingerprint density at radius 1 is 1.19 bits per heavy atom. The highest BCUT2D eigenvalue weighted by Gasteiger charge is 2.35. The molecule has 2 aromatic rings. The van der Waals surface area contributed by atoms with Crippen molar-refractivity contribution >= 4 is 39.8 Å². The predicted molar refractivity (Wildman–Crippen MR) is 124 cm³/mol. The van der Waals surface area contributed by atoms with Crippen LogP contribution in [0.3, 0.4) is 0 Å². The van der Waals surface area contributed by atoms with Gasteiger partial charge in [0.15, 0.2) is 17.3 Å². The highest BCUT2D eigenvalue weighted by atomic mass is 32.2. The molecule has 0 aliphatic carbocycles. The smallest absolute Gasteiger partial charge is 0.283 e. The Bertz CT molecular complexity index is 1160. The van der Waals surface area contributed by atoms with Crippen molar-refractivity contribution in [3.8, 4) is 11.5 Å². The van der Waals surface area contributed by atoms with E-state index in [9.17, 15) is 9.18 Å². The number of hydrazone groups is 1. The lowest BCUT2D eigenvalue weighted by molar-refractivity contribution is -0.114. The summed E-state index contributed by atoms with van der Waals surface area (Å²) in [6.07, 6.45) is 3.29. The van der Waals surface area contributed by atoms with Gasteiger partial charge in [-0.2, -0.15) is 15.1 Å². The number of carbonyl (C=O) groups excluding carboxylic acids is 1. The number of rotatable bonds is 7. The fourth-order valence-corrected chi connectivity index (χ4v) is 4.13. The van der Waals surface area contributed by atoms with E-state index in [1.807, 2.05) is 6.92 Å². The summed E-state index contributed by atoms with van der Waals surface area (Å²) in [6, 6.07) is 11.3. The first kappa shape index (κ1) is 21.8. The lowest BCUT2D eigenvalue weighted by atomic mass is 10.1. The number of aliphatic imine (C=N–C) groups is 1. The Morgan fingerprint density at radius 3 is 2.69 bits per heavy atom. The van der Waals surface area contributed by atoms with Crippen molar-refractivity contribution in [2.24, 2.45) is 10.1 Å². The van der Waals surface area contributed by atoms with Crippen LogP contribution in [0, 0.1) is 11.2 Å². The van der Waals surface area contributed by atoms with Crippen molar-refractivity contribution in [3.63, 3.8) is 0 Å². The largest absolute Gasteiger partial charge is 0.493 e. The van der Waals surface area contributed by atoms with Crippen LogP contribution in [0.25, 0.3) is 6.08 Å². The Labute approximate surface area is 189 Å². The van der Waals surface area contributed by atoms with E-state index >= 15 is 0 Å². The number of hydrogen-bond donors (Lipinski definition) is 1. The second kappa shape index (κ2) is 9.35. The number of nitrogens with one attached hydrogen (secondary N) is 1. The van der Waals surface area contributed by atoms with E-state index in [2.05, 4.69) is 10.1 Å². The second-order valence-corrected chi connectivity index (χ2v) is 8.13. The number of amidine groups is 2. The van der Waals surface area contributed by atoms with Crippen molar-refractivity contribution in [1.29, 1.82) is 5.41 Å². The molecule has 2 aromatic carbocycles. The van der Waals surface area contributed by atoms with Gasteiger partial charge in [-0.05, 0) is 66.1 Å². The number of carbonyl (C=O) groups is 1. The molecule has 164 valence electrons. The standard InChI is InChI=1S/C23H21FN4O3S/c1-3-4-20-27-28-21(25)17(22(29)26-23(28)32-20)11-15-7-10-18(19(12-15)30-2)31-13-14-5-8-16(24)9-6-14/h5-12,25H,3-4,13H2,1-2H3/b17-11-,25-21?. The van der Waals surface area contributed by atoms with Crippen molar-refractivity contribution < 1.29 is 18.7 Å². The Kier molecular flexibility index (Phi) is 6.36. The summed E-state index contributed by atoms with van der Waals surface area (Å²) in [5.74, 6) is 0.198. The molecular formula is C23H21FN4O3S. The number of hydrogen-bond acceptors (Lipinski definition) is 6. The maximum atomic E-state index is 13.1. The van der Waals surface area contributed by atoms with E-state index in [4.69, 9.17) is 14.9 Å². The molecule has 32 heavy (non-hydrogen) atoms. The fraction of sp³-hybridized carbons (Fsp3) is 0.217. The molecule has 0 fully saturated rings. The van der Waals surface area contributed by atoms with E-state index in [1.54, 1.807) is 36.4 Å². The van der Waals surface area contributed by atoms with Crippen LogP contribution in [0.2, 0.25) is 0 Å². The van der Waals surface area contributed by atoms with Gasteiger partial charge in [-0.1, -0.05) is 25.1 Å². The number of ether oxygens (including phenoxy) is 2. The zero-order valence-electron chi connectivity index (χ0n) is 17.6. The van der Waals surface area contributed by atoms with Crippen LogP contribution in [0.15, 0.2) is 58.1 Å². The average molecular weight is 453 g/mol. The van der Waals surface area contributed by atoms with Gasteiger partial charge in [0.2, 0.25) is 5.17 Å². The highest BCUT2D eigenvalue weighted by Crippen LogP contribution is 2.32. The minimum atomic E-state index is -0.475. The van der Waals surface area contributed by atoms with Gasteiger partial charge in [0.1, 0.15) is 17.5 Å². The summed E-state index contributed by atoms with van der Waals surface area (Å²) in [6.45, 7) is 2.30. The monoisotopic (exact) mass is 452 g/mol. The molecule has 0 aromatic heterocycles. The third-order valence-corrected chi connectivity index (χ3v) is 5.73. The number of amides is 1. The molecule has 2 aliphatic heterocycles. The van der Waals surface area contributed by atoms with Crippen LogP contribution in [0.1, 0.15) is 30.9 Å². The van der Waals surface area contributed by atoms with Crippen molar-refractivity contribution in [2.45, 2.75) is 26.4 Å². The highest BCUT2D eigenvalue weighted by molar-refractivity contribution is 8.26. The molecule has 0 spiro atoms. The van der Waals surface area contributed by atoms with Gasteiger partial charge < -0.3 is 9.47 Å². The number of fused-ring (bicyclic) bond motifs is 1. The Hall–Kier alpha value is -3.46. The Morgan fingerprint density at radius 2 is 1.97 bits per heavy atom. The first-order valence-corrected chi connectivity index (χ1v) is 10.8. The summed E-state index contributed by atoms with van der Waals surface area (Å²) in [5, 5.41) is 15.5. The van der Waals surface area contributed by atoms with Crippen molar-refractivity contribution in [3.05, 3.63) is 65.0 Å². The molecule has 7 nitrogen and oxygen atoms in total. The molecule has 1 N–H and O–H groups in total. The van der Waals surface area contributed by atoms with Gasteiger partial charge in [-0.25, -0.2) is 4.39 Å². The third kappa shape index (κ3) is 4.57. The normalized spacial score (nSPS) is 16.7. The summed E-state index contributed by atoms with van der Waals surface area (Å²) in [5.41, 5.74) is 1.63. The first-order valence-electron chi connectivity index (χ1n) is 10.0. The lowest BCUT2D eigenvalue weighted by Gasteiger charge is -2.20. The van der Waals surface area contributed by atoms with Crippen LogP contribution < -0.4 is 9.47 Å². The van der Waals surface area contributed by atoms with Crippen LogP contribution in [-0.2, 0) is 11.4 Å². The zero-order valence-corrected chi connectivity index (χ0v) is 18.4. The molecule has 0 bridgehead atoms. The molecule has 2 heterocycles. The minimum absolute atomic E-state index is 0.00536. The number of halogens is 1. The Balaban J connectivity index is 1.54. The molecule has 0 saturated heterocycles. The first-order chi connectivity index (χ1) is 15.5. The van der Waals surface area contributed by atoms with Gasteiger partial charge in [-0.15, -0.1) is 0 Å². The van der Waals surface area contributed by atoms with Crippen molar-refractivity contribution in [1.82, 2.24) is 5.01 Å². The molecule has 0 radical (unpaired) electrons. The molecule has 0 unspecified atom stereocenters. The SMILES string of the molecule is CCCC1=NN2C(=N)/C(=C/c3ccc(OCc4ccc(F)cc4)c(OC)c3)C(=O)N=C2S1. The lowest BCUT2D eigenvalue weighted by Crippen LogP contribution is -2.35. The summed E-state index contributed by atoms with van der Waals surface area (Å²) in [4.78, 5) is 16.6. The molecule has 1 amide bonds. The van der Waals surface area contributed by atoms with Crippen molar-refractivity contribution in [2.75, 3.05) is 7.11 Å². The fourth-order valence-electron chi connectivity index (χ4n) is 3.15. The van der Waals surface area contributed by atoms with Gasteiger partial charge in [-0.3, -0.25) is 10.2 Å².